The van der Waals surface area contributed by atoms with Crippen LogP contribution in [0.1, 0.15) is 0 Å². The summed E-state index contributed by atoms with van der Waals surface area (Å²) in [5, 5.41) is 2.48. The summed E-state index contributed by atoms with van der Waals surface area (Å²) in [6.45, 7) is -0.0358. The van der Waals surface area contributed by atoms with Gasteiger partial charge in [-0.1, -0.05) is 176 Å². The molecule has 64 heavy (non-hydrogen) atoms. The van der Waals surface area contributed by atoms with Crippen LogP contribution in [0.5, 0.6) is 0 Å². The molecule has 0 bridgehead atoms. The number of anilines is 6. The number of hydrogen-bond acceptors (Lipinski definition) is 2. The molecule has 0 saturated carbocycles. The highest BCUT2D eigenvalue weighted by atomic mass is 15.2. The number of benzene rings is 10. The summed E-state index contributed by atoms with van der Waals surface area (Å²) in [7, 11) is 0. The number of para-hydroxylation sites is 2. The predicted octanol–water partition coefficient (Wildman–Crippen LogP) is 13.9. The van der Waals surface area contributed by atoms with Crippen LogP contribution in [-0.2, 0) is 0 Å². The average Bonchev–Trinajstić information content (AvgIpc) is 3.72. The van der Waals surface area contributed by atoms with Gasteiger partial charge in [-0.15, -0.1) is 0 Å². The summed E-state index contributed by atoms with van der Waals surface area (Å²) in [4.78, 5) is 5.09. The van der Waals surface area contributed by atoms with E-state index in [-0.39, 0.29) is 6.71 Å². The highest BCUT2D eigenvalue weighted by Crippen LogP contribution is 2.49. The molecule has 0 radical (unpaired) electrons. The van der Waals surface area contributed by atoms with Gasteiger partial charge in [0.25, 0.3) is 6.71 Å². The van der Waals surface area contributed by atoms with E-state index in [0.717, 1.165) is 17.1 Å². The first-order chi connectivity index (χ1) is 31.8. The molecule has 0 spiro atoms. The molecule has 3 nitrogen and oxygen atoms in total. The van der Waals surface area contributed by atoms with E-state index in [2.05, 4.69) is 257 Å². The lowest BCUT2D eigenvalue weighted by Crippen LogP contribution is -2.61. The molecule has 13 rings (SSSR count). The smallest absolute Gasteiger partial charge is 0.252 e. The van der Waals surface area contributed by atoms with Crippen molar-refractivity contribution in [2.45, 2.75) is 0 Å². The van der Waals surface area contributed by atoms with Crippen molar-refractivity contribution < 1.29 is 0 Å². The Morgan fingerprint density at radius 1 is 0.297 bits per heavy atom. The fourth-order valence-electron chi connectivity index (χ4n) is 10.6. The molecular weight excluding hydrogens is 773 g/mol. The summed E-state index contributed by atoms with van der Waals surface area (Å²) in [5.74, 6) is 0. The average molecular weight is 814 g/mol. The normalized spacial score (nSPS) is 12.6. The lowest BCUT2D eigenvalue weighted by atomic mass is 9.33. The second-order valence-corrected chi connectivity index (χ2v) is 16.9. The maximum absolute atomic E-state index is 2.57. The lowest BCUT2D eigenvalue weighted by Gasteiger charge is -2.44. The molecule has 3 heterocycles. The lowest BCUT2D eigenvalue weighted by molar-refractivity contribution is 1.18. The zero-order valence-corrected chi connectivity index (χ0v) is 35.0. The summed E-state index contributed by atoms with van der Waals surface area (Å²) in [6, 6.07) is 89.1. The zero-order chi connectivity index (χ0) is 42.1. The van der Waals surface area contributed by atoms with Crippen molar-refractivity contribution in [3.63, 3.8) is 0 Å². The molecule has 4 heteroatoms. The largest absolute Gasteiger partial charge is 0.311 e. The summed E-state index contributed by atoms with van der Waals surface area (Å²) in [5.41, 5.74) is 21.6. The van der Waals surface area contributed by atoms with Gasteiger partial charge in [-0.3, -0.25) is 0 Å². The maximum Gasteiger partial charge on any atom is 0.252 e. The van der Waals surface area contributed by atoms with Crippen LogP contribution < -0.4 is 26.2 Å². The molecule has 0 unspecified atom stereocenters. The molecular formula is C60H40BN3. The molecule has 0 amide bonds. The monoisotopic (exact) mass is 813 g/mol. The molecule has 2 aliphatic rings. The van der Waals surface area contributed by atoms with E-state index in [0.29, 0.717) is 0 Å². The molecule has 0 aliphatic carbocycles. The van der Waals surface area contributed by atoms with Crippen molar-refractivity contribution in [3.8, 4) is 39.1 Å². The van der Waals surface area contributed by atoms with Crippen LogP contribution >= 0.6 is 0 Å². The first-order valence-electron chi connectivity index (χ1n) is 22.1. The molecule has 1 aromatic heterocycles. The molecule has 0 N–H and O–H groups in total. The Morgan fingerprint density at radius 2 is 0.781 bits per heavy atom. The second kappa shape index (κ2) is 14.6. The number of aromatic nitrogens is 1. The first-order valence-corrected chi connectivity index (χ1v) is 22.1. The third kappa shape index (κ3) is 5.63. The van der Waals surface area contributed by atoms with E-state index in [1.54, 1.807) is 0 Å². The third-order valence-electron chi connectivity index (χ3n) is 13.3. The third-order valence-corrected chi connectivity index (χ3v) is 13.3. The van der Waals surface area contributed by atoms with E-state index in [4.69, 9.17) is 0 Å². The topological polar surface area (TPSA) is 11.4 Å². The highest BCUT2D eigenvalue weighted by Gasteiger charge is 2.44. The molecule has 11 aromatic rings. The minimum absolute atomic E-state index is 0.0358. The quantitative estimate of drug-likeness (QED) is 0.155. The van der Waals surface area contributed by atoms with Crippen LogP contribution in [0.2, 0.25) is 0 Å². The summed E-state index contributed by atoms with van der Waals surface area (Å²) < 4.78 is 2.44. The van der Waals surface area contributed by atoms with Crippen LogP contribution in [0.4, 0.5) is 34.1 Å². The van der Waals surface area contributed by atoms with Gasteiger partial charge in [0.05, 0.1) is 16.7 Å². The van der Waals surface area contributed by atoms with Crippen LogP contribution in [0.15, 0.2) is 243 Å². The fourth-order valence-corrected chi connectivity index (χ4v) is 10.6. The summed E-state index contributed by atoms with van der Waals surface area (Å²) in [6.07, 6.45) is 0. The van der Waals surface area contributed by atoms with Crippen molar-refractivity contribution >= 4 is 79.0 Å². The second-order valence-electron chi connectivity index (χ2n) is 16.9. The van der Waals surface area contributed by atoms with E-state index >= 15 is 0 Å². The van der Waals surface area contributed by atoms with Gasteiger partial charge >= 0.3 is 0 Å². The van der Waals surface area contributed by atoms with E-state index in [9.17, 15) is 0 Å². The zero-order valence-electron chi connectivity index (χ0n) is 35.0. The molecule has 2 aliphatic heterocycles. The Morgan fingerprint density at radius 3 is 1.42 bits per heavy atom. The molecule has 298 valence electrons. The minimum Gasteiger partial charge on any atom is -0.311 e. The van der Waals surface area contributed by atoms with Gasteiger partial charge in [-0.2, -0.15) is 0 Å². The van der Waals surface area contributed by atoms with Gasteiger partial charge in [0.15, 0.2) is 0 Å². The molecule has 0 fully saturated rings. The summed E-state index contributed by atoms with van der Waals surface area (Å²) >= 11 is 0. The van der Waals surface area contributed by atoms with E-state index in [1.165, 1.54) is 94.3 Å². The Bertz CT molecular complexity index is 3560. The number of rotatable bonds is 6. The minimum atomic E-state index is -0.0358. The predicted molar refractivity (Wildman–Crippen MR) is 271 cm³/mol. The van der Waals surface area contributed by atoms with Crippen LogP contribution in [-0.4, -0.2) is 11.3 Å². The van der Waals surface area contributed by atoms with Gasteiger partial charge < -0.3 is 14.4 Å². The number of nitrogens with zero attached hydrogens (tertiary/aromatic N) is 3. The van der Waals surface area contributed by atoms with Gasteiger partial charge in [0, 0.05) is 44.9 Å². The molecule has 10 aromatic carbocycles. The van der Waals surface area contributed by atoms with Crippen molar-refractivity contribution in [1.82, 2.24) is 4.57 Å². The van der Waals surface area contributed by atoms with Gasteiger partial charge in [0.2, 0.25) is 0 Å². The standard InChI is InChI=1S/C60H40BN3/c1-5-18-41(19-6-1)44-24-15-28-48(38-44)63-55-32-17-33-56-59(55)61(51-35-34-46(40-57(51)63)43-22-9-3-10-23-43)52-36-37-54-58(50-30-13-14-31-53(50)62(54)47-26-11-4-12-27-47)60(52)64(56)49-29-16-25-45(39-49)42-20-7-2-8-21-42/h1-40H. The van der Waals surface area contributed by atoms with Crippen molar-refractivity contribution in [1.29, 1.82) is 0 Å². The van der Waals surface area contributed by atoms with Crippen molar-refractivity contribution in [2.24, 2.45) is 0 Å². The van der Waals surface area contributed by atoms with Crippen LogP contribution in [0.25, 0.3) is 60.9 Å². The Balaban J connectivity index is 1.13. The Labute approximate surface area is 373 Å². The van der Waals surface area contributed by atoms with Crippen LogP contribution in [0.3, 0.4) is 0 Å². The van der Waals surface area contributed by atoms with Gasteiger partial charge in [0.1, 0.15) is 0 Å². The van der Waals surface area contributed by atoms with Gasteiger partial charge in [-0.05, 0) is 116 Å². The van der Waals surface area contributed by atoms with E-state index in [1.807, 2.05) is 0 Å². The fraction of sp³-hybridized carbons (Fsp3) is 0. The highest BCUT2D eigenvalue weighted by molar-refractivity contribution is 7.00. The number of hydrogen-bond donors (Lipinski definition) is 0. The first kappa shape index (κ1) is 36.3. The van der Waals surface area contributed by atoms with Crippen LogP contribution in [0, 0.1) is 0 Å². The molecule has 0 atom stereocenters. The van der Waals surface area contributed by atoms with Gasteiger partial charge in [-0.25, -0.2) is 0 Å². The number of fused-ring (bicyclic) bond motifs is 8. The van der Waals surface area contributed by atoms with Crippen molar-refractivity contribution in [3.05, 3.63) is 243 Å². The molecule has 0 saturated heterocycles. The Hall–Kier alpha value is -8.34. The van der Waals surface area contributed by atoms with Crippen molar-refractivity contribution in [2.75, 3.05) is 9.80 Å². The maximum atomic E-state index is 2.57. The van der Waals surface area contributed by atoms with E-state index < -0.39 is 0 Å². The Kier molecular flexibility index (Phi) is 8.32. The SMILES string of the molecule is c1ccc(-c2cccc(N3c4cc(-c5ccccc5)ccc4B4c5ccc6c(c5N(c5cccc(-c7ccccc7)c5)c5cccc3c54)c3ccccc3n6-c3ccccc3)c2)cc1.